The molecule has 0 atom stereocenters. The zero-order valence-electron chi connectivity index (χ0n) is 20.5. The zero-order chi connectivity index (χ0) is 26.6. The van der Waals surface area contributed by atoms with Gasteiger partial charge in [-0.05, 0) is 42.7 Å². The van der Waals surface area contributed by atoms with Crippen LogP contribution in [0.5, 0.6) is 0 Å². The third kappa shape index (κ3) is 6.14. The fourth-order valence-corrected chi connectivity index (χ4v) is 6.43. The zero-order valence-corrected chi connectivity index (χ0v) is 22.1. The molecule has 0 spiro atoms. The molecular weight excluding hydrogens is 518 g/mol. The van der Waals surface area contributed by atoms with Gasteiger partial charge in [0.2, 0.25) is 5.91 Å². The number of para-hydroxylation sites is 1. The van der Waals surface area contributed by atoms with E-state index >= 15 is 0 Å². The number of anilines is 1. The number of esters is 1. The van der Waals surface area contributed by atoms with Crippen LogP contribution in [0.25, 0.3) is 10.2 Å². The molecule has 0 saturated carbocycles. The molecule has 0 radical (unpaired) electrons. The van der Waals surface area contributed by atoms with E-state index in [0.29, 0.717) is 41.2 Å². The van der Waals surface area contributed by atoms with Crippen molar-refractivity contribution < 1.29 is 32.3 Å². The fraction of sp³-hybridized carbons (Fsp3) is 0.360. The number of hydrogen-bond donors (Lipinski definition) is 0. The maximum atomic E-state index is 12.9. The highest BCUT2D eigenvalue weighted by Crippen LogP contribution is 2.27. The van der Waals surface area contributed by atoms with Crippen LogP contribution < -0.4 is 9.70 Å². The van der Waals surface area contributed by atoms with Gasteiger partial charge in [-0.15, -0.1) is 0 Å². The third-order valence-electron chi connectivity index (χ3n) is 5.94. The monoisotopic (exact) mass is 545 g/mol. The summed E-state index contributed by atoms with van der Waals surface area (Å²) in [6, 6.07) is 12.3. The second kappa shape index (κ2) is 11.4. The van der Waals surface area contributed by atoms with Gasteiger partial charge in [-0.1, -0.05) is 29.5 Å². The largest absolute Gasteiger partial charge is 0.465 e. The van der Waals surface area contributed by atoms with Crippen LogP contribution in [0.15, 0.2) is 47.5 Å². The van der Waals surface area contributed by atoms with E-state index in [4.69, 9.17) is 9.47 Å². The summed E-state index contributed by atoms with van der Waals surface area (Å²) in [5.41, 5.74) is 2.75. The number of thiazole rings is 1. The Bertz CT molecular complexity index is 1520. The number of amides is 2. The number of rotatable bonds is 8. The highest BCUT2D eigenvalue weighted by Gasteiger charge is 2.28. The molecule has 196 valence electrons. The molecule has 0 fully saturated rings. The average molecular weight is 546 g/mol. The molecule has 1 aliphatic heterocycles. The number of benzene rings is 2. The van der Waals surface area contributed by atoms with E-state index in [-0.39, 0.29) is 4.80 Å². The molecule has 0 N–H and O–H groups in total. The highest BCUT2D eigenvalue weighted by atomic mass is 32.2. The summed E-state index contributed by atoms with van der Waals surface area (Å²) in [7, 11) is -1.23. The summed E-state index contributed by atoms with van der Waals surface area (Å²) in [6.07, 6.45) is 1.56. The molecule has 4 rings (SSSR count). The van der Waals surface area contributed by atoms with Crippen molar-refractivity contribution in [3.63, 3.8) is 0 Å². The van der Waals surface area contributed by atoms with Crippen molar-refractivity contribution in [2.75, 3.05) is 43.8 Å². The lowest BCUT2D eigenvalue weighted by Crippen LogP contribution is -2.40. The topological polar surface area (TPSA) is 124 Å². The van der Waals surface area contributed by atoms with Gasteiger partial charge in [0.1, 0.15) is 11.5 Å². The van der Waals surface area contributed by atoms with Crippen LogP contribution in [0.2, 0.25) is 0 Å². The number of sulfone groups is 1. The lowest BCUT2D eigenvalue weighted by Gasteiger charge is -2.29. The number of nitrogens with zero attached hydrogens (tertiary/aromatic N) is 3. The SMILES string of the molecule is COCCn1c(=NC(=O)CS(=O)(=O)CC(=O)N2CCCc3ccccc32)sc2cc(C(=O)OC)ccc21. The molecular formula is C25H27N3O7S2. The first-order valence-corrected chi connectivity index (χ1v) is 14.2. The van der Waals surface area contributed by atoms with E-state index < -0.39 is 39.1 Å². The molecule has 2 amide bonds. The summed E-state index contributed by atoms with van der Waals surface area (Å²) in [5, 5.41) is 0. The molecule has 1 aromatic heterocycles. The normalized spacial score (nSPS) is 14.0. The molecule has 1 aliphatic rings. The molecule has 0 saturated heterocycles. The van der Waals surface area contributed by atoms with E-state index in [9.17, 15) is 22.8 Å². The first kappa shape index (κ1) is 26.7. The van der Waals surface area contributed by atoms with E-state index in [1.54, 1.807) is 34.9 Å². The average Bonchev–Trinajstić information content (AvgIpc) is 3.21. The molecule has 3 aromatic rings. The number of aromatic nitrogens is 1. The van der Waals surface area contributed by atoms with Crippen LogP contribution in [0.3, 0.4) is 0 Å². The van der Waals surface area contributed by atoms with Gasteiger partial charge in [0, 0.05) is 25.9 Å². The van der Waals surface area contributed by atoms with Gasteiger partial charge in [-0.3, -0.25) is 9.59 Å². The van der Waals surface area contributed by atoms with Gasteiger partial charge in [0.25, 0.3) is 5.91 Å². The second-order valence-electron chi connectivity index (χ2n) is 8.52. The Kier molecular flexibility index (Phi) is 8.20. The number of ether oxygens (including phenoxy) is 2. The molecule has 2 aromatic carbocycles. The van der Waals surface area contributed by atoms with E-state index in [1.165, 1.54) is 19.1 Å². The Morgan fingerprint density at radius 3 is 2.62 bits per heavy atom. The number of methoxy groups -OCH3 is 2. The summed E-state index contributed by atoms with van der Waals surface area (Å²) in [5.74, 6) is -3.60. The van der Waals surface area contributed by atoms with Crippen molar-refractivity contribution in [1.82, 2.24) is 4.57 Å². The molecule has 0 unspecified atom stereocenters. The summed E-state index contributed by atoms with van der Waals surface area (Å²) in [6.45, 7) is 1.12. The minimum Gasteiger partial charge on any atom is -0.465 e. The van der Waals surface area contributed by atoms with Gasteiger partial charge in [0.05, 0.1) is 29.5 Å². The third-order valence-corrected chi connectivity index (χ3v) is 8.36. The second-order valence-corrected chi connectivity index (χ2v) is 11.6. The Balaban J connectivity index is 1.56. The van der Waals surface area contributed by atoms with Crippen molar-refractivity contribution in [2.24, 2.45) is 4.99 Å². The first-order chi connectivity index (χ1) is 17.7. The van der Waals surface area contributed by atoms with Crippen LogP contribution in [0.4, 0.5) is 5.69 Å². The Labute approximate surface area is 218 Å². The van der Waals surface area contributed by atoms with E-state index in [0.717, 1.165) is 29.7 Å². The van der Waals surface area contributed by atoms with E-state index in [1.807, 2.05) is 12.1 Å². The van der Waals surface area contributed by atoms with Gasteiger partial charge < -0.3 is 18.9 Å². The molecule has 12 heteroatoms. The number of carbonyl (C=O) groups is 3. The number of hydrogen-bond acceptors (Lipinski definition) is 8. The fourth-order valence-electron chi connectivity index (χ4n) is 4.24. The van der Waals surface area contributed by atoms with Crippen LogP contribution in [0, 0.1) is 0 Å². The van der Waals surface area contributed by atoms with Crippen LogP contribution in [0.1, 0.15) is 22.3 Å². The molecule has 37 heavy (non-hydrogen) atoms. The van der Waals surface area contributed by atoms with Crippen LogP contribution in [-0.4, -0.2) is 69.6 Å². The standard InChI is InChI=1S/C25H27N3O7S2/c1-34-13-12-28-20-10-9-18(24(31)35-2)14-21(20)36-25(28)26-22(29)15-37(32,33)16-23(30)27-11-5-7-17-6-3-4-8-19(17)27/h3-4,6,8-10,14H,5,7,11-13,15-16H2,1-2H3. The van der Waals surface area contributed by atoms with Crippen LogP contribution in [-0.2, 0) is 41.9 Å². The Morgan fingerprint density at radius 1 is 1.08 bits per heavy atom. The van der Waals surface area contributed by atoms with Crippen molar-refractivity contribution >= 4 is 54.9 Å². The lowest BCUT2D eigenvalue weighted by molar-refractivity contribution is -0.116. The molecule has 10 nitrogen and oxygen atoms in total. The highest BCUT2D eigenvalue weighted by molar-refractivity contribution is 7.92. The maximum absolute atomic E-state index is 12.9. The van der Waals surface area contributed by atoms with Gasteiger partial charge >= 0.3 is 5.97 Å². The lowest BCUT2D eigenvalue weighted by atomic mass is 10.0. The molecule has 0 aliphatic carbocycles. The smallest absolute Gasteiger partial charge is 0.337 e. The minimum atomic E-state index is -4.06. The van der Waals surface area contributed by atoms with Crippen molar-refractivity contribution in [3.8, 4) is 0 Å². The predicted molar refractivity (Wildman–Crippen MR) is 139 cm³/mol. The molecule has 0 bridgehead atoms. The van der Waals surface area contributed by atoms with Crippen LogP contribution >= 0.6 is 11.3 Å². The number of aryl methyl sites for hydroxylation is 1. The quantitative estimate of drug-likeness (QED) is 0.396. The van der Waals surface area contributed by atoms with Gasteiger partial charge in [0.15, 0.2) is 14.6 Å². The van der Waals surface area contributed by atoms with Crippen molar-refractivity contribution in [2.45, 2.75) is 19.4 Å². The number of carbonyl (C=O) groups excluding carboxylic acids is 3. The summed E-state index contributed by atoms with van der Waals surface area (Å²) < 4.78 is 37.9. The Hall–Kier alpha value is -3.35. The number of fused-ring (bicyclic) bond motifs is 2. The minimum absolute atomic E-state index is 0.269. The Morgan fingerprint density at radius 2 is 1.86 bits per heavy atom. The molecule has 2 heterocycles. The van der Waals surface area contributed by atoms with Gasteiger partial charge in [-0.2, -0.15) is 4.99 Å². The maximum Gasteiger partial charge on any atom is 0.337 e. The van der Waals surface area contributed by atoms with Crippen molar-refractivity contribution in [3.05, 3.63) is 58.4 Å². The summed E-state index contributed by atoms with van der Waals surface area (Å²) >= 11 is 1.14. The predicted octanol–water partition coefficient (Wildman–Crippen LogP) is 1.96. The van der Waals surface area contributed by atoms with Crippen molar-refractivity contribution in [1.29, 1.82) is 0 Å². The van der Waals surface area contributed by atoms with Gasteiger partial charge in [-0.25, -0.2) is 13.2 Å². The first-order valence-electron chi connectivity index (χ1n) is 11.6. The summed E-state index contributed by atoms with van der Waals surface area (Å²) in [4.78, 5) is 43.3. The van der Waals surface area contributed by atoms with E-state index in [2.05, 4.69) is 4.99 Å².